The summed E-state index contributed by atoms with van der Waals surface area (Å²) >= 11 is 1.16. The van der Waals surface area contributed by atoms with E-state index >= 15 is 0 Å². The van der Waals surface area contributed by atoms with Gasteiger partial charge in [0.1, 0.15) is 11.6 Å². The minimum absolute atomic E-state index is 0.0368. The van der Waals surface area contributed by atoms with E-state index in [0.717, 1.165) is 28.6 Å². The molecule has 2 N–H and O–H groups in total. The highest BCUT2D eigenvalue weighted by molar-refractivity contribution is 7.99. The van der Waals surface area contributed by atoms with E-state index in [1.807, 2.05) is 32.0 Å². The van der Waals surface area contributed by atoms with Crippen LogP contribution in [0.1, 0.15) is 17.0 Å². The average molecular weight is 428 g/mol. The van der Waals surface area contributed by atoms with Crippen LogP contribution in [0.2, 0.25) is 0 Å². The Kier molecular flexibility index (Phi) is 6.83. The normalized spacial score (nSPS) is 10.7. The number of benzene rings is 2. The van der Waals surface area contributed by atoms with Crippen molar-refractivity contribution in [3.05, 3.63) is 65.2 Å². The van der Waals surface area contributed by atoms with Crippen molar-refractivity contribution < 1.29 is 14.0 Å². The Hall–Kier alpha value is -3.20. The maximum Gasteiger partial charge on any atom is 0.234 e. The molecule has 0 saturated heterocycles. The number of thioether (sulfide) groups is 1. The van der Waals surface area contributed by atoms with Gasteiger partial charge in [-0.05, 0) is 37.6 Å². The van der Waals surface area contributed by atoms with Crippen molar-refractivity contribution in [2.24, 2.45) is 7.05 Å². The third kappa shape index (κ3) is 5.44. The van der Waals surface area contributed by atoms with Gasteiger partial charge in [-0.2, -0.15) is 0 Å². The molecule has 0 aliphatic heterocycles. The topological polar surface area (TPSA) is 88.9 Å². The van der Waals surface area contributed by atoms with Crippen LogP contribution in [0.15, 0.2) is 47.6 Å². The maximum atomic E-state index is 13.6. The van der Waals surface area contributed by atoms with Crippen molar-refractivity contribution in [2.45, 2.75) is 25.4 Å². The molecule has 0 radical (unpaired) electrons. The second-order valence-corrected chi connectivity index (χ2v) is 7.76. The number of aryl methyl sites for hydroxylation is 2. The molecule has 3 rings (SSSR count). The van der Waals surface area contributed by atoms with Crippen molar-refractivity contribution in [1.82, 2.24) is 14.8 Å². The summed E-state index contributed by atoms with van der Waals surface area (Å²) in [5.41, 5.74) is 3.00. The van der Waals surface area contributed by atoms with Crippen LogP contribution >= 0.6 is 11.8 Å². The Labute approximate surface area is 178 Å². The highest BCUT2D eigenvalue weighted by Crippen LogP contribution is 2.19. The molecule has 0 bridgehead atoms. The molecule has 1 heterocycles. The van der Waals surface area contributed by atoms with Gasteiger partial charge < -0.3 is 15.2 Å². The van der Waals surface area contributed by atoms with Crippen molar-refractivity contribution in [2.75, 3.05) is 16.4 Å². The molecule has 9 heteroatoms. The fraction of sp³-hybridized carbons (Fsp3) is 0.238. The Morgan fingerprint density at radius 1 is 1.03 bits per heavy atom. The number of nitrogens with zero attached hydrogens (tertiary/aromatic N) is 3. The molecular formula is C21H22FN5O2S. The number of hydrogen-bond acceptors (Lipinski definition) is 5. The highest BCUT2D eigenvalue weighted by atomic mass is 32.2. The summed E-state index contributed by atoms with van der Waals surface area (Å²) in [7, 11) is 1.73. The molecule has 2 aromatic carbocycles. The number of carbonyl (C=O) groups excluding carboxylic acids is 2. The first-order chi connectivity index (χ1) is 14.3. The molecule has 1 aromatic heterocycles. The zero-order valence-corrected chi connectivity index (χ0v) is 17.7. The fourth-order valence-corrected chi connectivity index (χ4v) is 3.53. The molecule has 0 atom stereocenters. The quantitative estimate of drug-likeness (QED) is 0.564. The predicted octanol–water partition coefficient (Wildman–Crippen LogP) is 3.48. The molecule has 0 saturated carbocycles. The van der Waals surface area contributed by atoms with E-state index in [1.165, 1.54) is 12.1 Å². The second-order valence-electron chi connectivity index (χ2n) is 6.82. The van der Waals surface area contributed by atoms with Crippen molar-refractivity contribution in [3.63, 3.8) is 0 Å². The minimum Gasteiger partial charge on any atom is -0.325 e. The molecule has 156 valence electrons. The first-order valence-corrected chi connectivity index (χ1v) is 10.2. The Morgan fingerprint density at radius 3 is 2.50 bits per heavy atom. The van der Waals surface area contributed by atoms with Crippen LogP contribution in [0.4, 0.5) is 15.8 Å². The van der Waals surface area contributed by atoms with Gasteiger partial charge in [0, 0.05) is 12.7 Å². The second kappa shape index (κ2) is 9.53. The standard InChI is InChI=1S/C21H22FN5O2S/c1-13-8-9-16(14(2)10-13)23-19(28)11-18-25-26-21(27(18)3)30-12-20(29)24-17-7-5-4-6-15(17)22/h4-10H,11-12H2,1-3H3,(H,23,28)(H,24,29). The van der Waals surface area contributed by atoms with Crippen LogP contribution in [0.3, 0.4) is 0 Å². The van der Waals surface area contributed by atoms with Crippen LogP contribution < -0.4 is 10.6 Å². The lowest BCUT2D eigenvalue weighted by Gasteiger charge is -2.09. The van der Waals surface area contributed by atoms with Crippen molar-refractivity contribution in [1.29, 1.82) is 0 Å². The fourth-order valence-electron chi connectivity index (χ4n) is 2.80. The summed E-state index contributed by atoms with van der Waals surface area (Å²) in [6.45, 7) is 3.93. The molecule has 0 aliphatic carbocycles. The third-order valence-corrected chi connectivity index (χ3v) is 5.40. The number of amides is 2. The number of aromatic nitrogens is 3. The number of anilines is 2. The molecule has 3 aromatic rings. The summed E-state index contributed by atoms with van der Waals surface area (Å²) in [6, 6.07) is 11.8. The average Bonchev–Trinajstić information content (AvgIpc) is 3.04. The van der Waals surface area contributed by atoms with E-state index in [9.17, 15) is 14.0 Å². The van der Waals surface area contributed by atoms with E-state index in [0.29, 0.717) is 11.0 Å². The Balaban J connectivity index is 1.55. The number of para-hydroxylation sites is 1. The van der Waals surface area contributed by atoms with Gasteiger partial charge in [0.15, 0.2) is 5.16 Å². The van der Waals surface area contributed by atoms with E-state index in [-0.39, 0.29) is 29.7 Å². The number of hydrogen-bond donors (Lipinski definition) is 2. The van der Waals surface area contributed by atoms with Gasteiger partial charge in [0.05, 0.1) is 17.9 Å². The first-order valence-electron chi connectivity index (χ1n) is 9.26. The molecule has 7 nitrogen and oxygen atoms in total. The molecular weight excluding hydrogens is 405 g/mol. The number of rotatable bonds is 7. The molecule has 0 fully saturated rings. The summed E-state index contributed by atoms with van der Waals surface area (Å²) in [6.07, 6.45) is 0.0544. The van der Waals surface area contributed by atoms with Gasteiger partial charge in [-0.1, -0.05) is 41.6 Å². The van der Waals surface area contributed by atoms with Gasteiger partial charge in [-0.3, -0.25) is 9.59 Å². The van der Waals surface area contributed by atoms with E-state index in [1.54, 1.807) is 23.7 Å². The van der Waals surface area contributed by atoms with E-state index < -0.39 is 5.82 Å². The van der Waals surface area contributed by atoms with Gasteiger partial charge in [0.25, 0.3) is 0 Å². The number of halogens is 1. The summed E-state index contributed by atoms with van der Waals surface area (Å²) in [5, 5.41) is 14.0. The zero-order valence-electron chi connectivity index (χ0n) is 16.9. The lowest BCUT2D eigenvalue weighted by molar-refractivity contribution is -0.116. The predicted molar refractivity (Wildman–Crippen MR) is 115 cm³/mol. The van der Waals surface area contributed by atoms with Crippen LogP contribution in [0.5, 0.6) is 0 Å². The van der Waals surface area contributed by atoms with Gasteiger partial charge >= 0.3 is 0 Å². The highest BCUT2D eigenvalue weighted by Gasteiger charge is 2.15. The minimum atomic E-state index is -0.494. The molecule has 30 heavy (non-hydrogen) atoms. The third-order valence-electron chi connectivity index (χ3n) is 4.38. The largest absolute Gasteiger partial charge is 0.325 e. The van der Waals surface area contributed by atoms with E-state index in [2.05, 4.69) is 20.8 Å². The van der Waals surface area contributed by atoms with E-state index in [4.69, 9.17) is 0 Å². The lowest BCUT2D eigenvalue weighted by atomic mass is 10.1. The lowest BCUT2D eigenvalue weighted by Crippen LogP contribution is -2.18. The molecule has 0 aliphatic rings. The SMILES string of the molecule is Cc1ccc(NC(=O)Cc2nnc(SCC(=O)Nc3ccccc3F)n2C)c(C)c1. The Bertz CT molecular complexity index is 1080. The van der Waals surface area contributed by atoms with Gasteiger partial charge in [-0.25, -0.2) is 4.39 Å². The van der Waals surface area contributed by atoms with Crippen LogP contribution in [-0.4, -0.2) is 32.3 Å². The number of carbonyl (C=O) groups is 2. The van der Waals surface area contributed by atoms with Crippen molar-refractivity contribution >= 4 is 35.0 Å². The van der Waals surface area contributed by atoms with Gasteiger partial charge in [0.2, 0.25) is 11.8 Å². The smallest absolute Gasteiger partial charge is 0.234 e. The van der Waals surface area contributed by atoms with Crippen LogP contribution in [0, 0.1) is 19.7 Å². The first kappa shape index (κ1) is 21.5. The zero-order chi connectivity index (χ0) is 21.7. The molecule has 0 spiro atoms. The maximum absolute atomic E-state index is 13.6. The molecule has 0 unspecified atom stereocenters. The monoisotopic (exact) mass is 427 g/mol. The Morgan fingerprint density at radius 2 is 1.77 bits per heavy atom. The summed E-state index contributed by atoms with van der Waals surface area (Å²) < 4.78 is 15.3. The van der Waals surface area contributed by atoms with Crippen molar-refractivity contribution in [3.8, 4) is 0 Å². The van der Waals surface area contributed by atoms with Crippen LogP contribution in [0.25, 0.3) is 0 Å². The number of nitrogens with one attached hydrogen (secondary N) is 2. The molecule has 2 amide bonds. The summed E-state index contributed by atoms with van der Waals surface area (Å²) in [4.78, 5) is 24.5. The van der Waals surface area contributed by atoms with Crippen LogP contribution in [-0.2, 0) is 23.1 Å². The summed E-state index contributed by atoms with van der Waals surface area (Å²) in [5.74, 6) is -0.538. The van der Waals surface area contributed by atoms with Gasteiger partial charge in [-0.15, -0.1) is 10.2 Å².